The van der Waals surface area contributed by atoms with Crippen molar-refractivity contribution in [1.82, 2.24) is 15.0 Å². The van der Waals surface area contributed by atoms with Gasteiger partial charge < -0.3 is 25.8 Å². The van der Waals surface area contributed by atoms with Crippen molar-refractivity contribution in [2.45, 2.75) is 0 Å². The Kier molecular flexibility index (Phi) is 7.05. The molecule has 8 nitrogen and oxygen atoms in total. The third-order valence-corrected chi connectivity index (χ3v) is 3.53. The molecule has 146 valence electrons. The van der Waals surface area contributed by atoms with Crippen molar-refractivity contribution in [3.63, 3.8) is 0 Å². The van der Waals surface area contributed by atoms with E-state index in [1.165, 1.54) is 12.1 Å². The van der Waals surface area contributed by atoms with Gasteiger partial charge in [-0.25, -0.2) is 4.39 Å². The van der Waals surface area contributed by atoms with E-state index in [4.69, 9.17) is 9.84 Å². The molecule has 0 aliphatic carbocycles. The van der Waals surface area contributed by atoms with E-state index in [2.05, 4.69) is 30.9 Å². The summed E-state index contributed by atoms with van der Waals surface area (Å²) in [5.74, 6) is 0.687. The number of aliphatic hydroxyl groups is 1. The predicted molar refractivity (Wildman–Crippen MR) is 106 cm³/mol. The zero-order valence-electron chi connectivity index (χ0n) is 15.1. The van der Waals surface area contributed by atoms with Gasteiger partial charge in [-0.2, -0.15) is 15.0 Å². The third-order valence-electron chi connectivity index (χ3n) is 3.53. The zero-order valence-corrected chi connectivity index (χ0v) is 15.1. The summed E-state index contributed by atoms with van der Waals surface area (Å²) in [6, 6.07) is 15.4. The minimum Gasteiger partial charge on any atom is -0.394 e. The van der Waals surface area contributed by atoms with Crippen LogP contribution >= 0.6 is 0 Å². The van der Waals surface area contributed by atoms with Gasteiger partial charge >= 0.3 is 0 Å². The molecule has 0 aliphatic heterocycles. The highest BCUT2D eigenvalue weighted by Crippen LogP contribution is 2.18. The summed E-state index contributed by atoms with van der Waals surface area (Å²) < 4.78 is 18.3. The van der Waals surface area contributed by atoms with Gasteiger partial charge in [0, 0.05) is 17.9 Å². The number of aromatic nitrogens is 3. The van der Waals surface area contributed by atoms with E-state index in [0.717, 1.165) is 5.69 Å². The lowest BCUT2D eigenvalue weighted by Gasteiger charge is -2.11. The number of halogens is 1. The van der Waals surface area contributed by atoms with Gasteiger partial charge in [-0.15, -0.1) is 0 Å². The monoisotopic (exact) mass is 384 g/mol. The SMILES string of the molecule is OCCOCCNc1nc(Nc2ccccc2)nc(Nc2ccc(F)cc2)n1. The van der Waals surface area contributed by atoms with Gasteiger partial charge in [0.2, 0.25) is 17.8 Å². The van der Waals surface area contributed by atoms with Crippen LogP contribution in [0.4, 0.5) is 33.6 Å². The Labute approximate surface area is 161 Å². The topological polar surface area (TPSA) is 104 Å². The van der Waals surface area contributed by atoms with Crippen molar-refractivity contribution in [3.8, 4) is 0 Å². The van der Waals surface area contributed by atoms with Crippen molar-refractivity contribution < 1.29 is 14.2 Å². The van der Waals surface area contributed by atoms with Crippen LogP contribution in [0.3, 0.4) is 0 Å². The summed E-state index contributed by atoms with van der Waals surface area (Å²) in [4.78, 5) is 13.0. The van der Waals surface area contributed by atoms with Crippen molar-refractivity contribution in [2.75, 3.05) is 42.3 Å². The van der Waals surface area contributed by atoms with Crippen LogP contribution in [0.15, 0.2) is 54.6 Å². The lowest BCUT2D eigenvalue weighted by Crippen LogP contribution is -2.15. The normalized spacial score (nSPS) is 10.5. The Hall–Kier alpha value is -3.30. The number of ether oxygens (including phenoxy) is 1. The van der Waals surface area contributed by atoms with Crippen molar-refractivity contribution in [1.29, 1.82) is 0 Å². The number of hydrogen-bond donors (Lipinski definition) is 4. The first-order valence-corrected chi connectivity index (χ1v) is 8.76. The molecule has 0 amide bonds. The fourth-order valence-corrected chi connectivity index (χ4v) is 2.28. The quantitative estimate of drug-likeness (QED) is 0.396. The molecule has 0 spiro atoms. The predicted octanol–water partition coefficient (Wildman–Crippen LogP) is 2.92. The first-order valence-electron chi connectivity index (χ1n) is 8.76. The fourth-order valence-electron chi connectivity index (χ4n) is 2.28. The molecule has 0 bridgehead atoms. The van der Waals surface area contributed by atoms with Crippen molar-refractivity contribution in [3.05, 3.63) is 60.4 Å². The highest BCUT2D eigenvalue weighted by molar-refractivity contribution is 5.59. The maximum absolute atomic E-state index is 13.1. The molecule has 1 heterocycles. The summed E-state index contributed by atoms with van der Waals surface area (Å²) in [6.07, 6.45) is 0. The van der Waals surface area contributed by atoms with Crippen LogP contribution in [0.2, 0.25) is 0 Å². The number of anilines is 5. The Bertz CT molecular complexity index is 864. The molecule has 0 fully saturated rings. The number of hydrogen-bond acceptors (Lipinski definition) is 8. The first-order chi connectivity index (χ1) is 13.7. The average molecular weight is 384 g/mol. The molecule has 3 aromatic rings. The van der Waals surface area contributed by atoms with E-state index in [1.54, 1.807) is 12.1 Å². The Morgan fingerprint density at radius 3 is 2.04 bits per heavy atom. The molecule has 0 saturated carbocycles. The molecule has 0 unspecified atom stereocenters. The number of aliphatic hydroxyl groups excluding tert-OH is 1. The van der Waals surface area contributed by atoms with Crippen molar-refractivity contribution in [2.24, 2.45) is 0 Å². The minimum atomic E-state index is -0.321. The highest BCUT2D eigenvalue weighted by Gasteiger charge is 2.08. The Balaban J connectivity index is 1.75. The van der Waals surface area contributed by atoms with Gasteiger partial charge in [-0.3, -0.25) is 0 Å². The molecule has 9 heteroatoms. The van der Waals surface area contributed by atoms with Gasteiger partial charge in [0.1, 0.15) is 5.82 Å². The maximum Gasteiger partial charge on any atom is 0.233 e. The van der Waals surface area contributed by atoms with E-state index < -0.39 is 0 Å². The van der Waals surface area contributed by atoms with Crippen LogP contribution in [0.1, 0.15) is 0 Å². The zero-order chi connectivity index (χ0) is 19.6. The molecule has 0 aliphatic rings. The highest BCUT2D eigenvalue weighted by atomic mass is 19.1. The van der Waals surface area contributed by atoms with Crippen LogP contribution in [0, 0.1) is 5.82 Å². The number of nitrogens with one attached hydrogen (secondary N) is 3. The summed E-state index contributed by atoms with van der Waals surface area (Å²) in [6.45, 7) is 1.11. The van der Waals surface area contributed by atoms with E-state index in [9.17, 15) is 4.39 Å². The first kappa shape index (κ1) is 19.5. The van der Waals surface area contributed by atoms with Crippen molar-refractivity contribution >= 4 is 29.2 Å². The second-order valence-electron chi connectivity index (χ2n) is 5.69. The number of para-hydroxylation sites is 1. The molecule has 1 aromatic heterocycles. The maximum atomic E-state index is 13.1. The fraction of sp³-hybridized carbons (Fsp3) is 0.211. The van der Waals surface area contributed by atoms with Crippen LogP contribution in [0.5, 0.6) is 0 Å². The lowest BCUT2D eigenvalue weighted by molar-refractivity contribution is 0.0991. The van der Waals surface area contributed by atoms with Gasteiger partial charge in [0.15, 0.2) is 0 Å². The van der Waals surface area contributed by atoms with E-state index in [-0.39, 0.29) is 19.0 Å². The third kappa shape index (κ3) is 6.15. The molecule has 4 N–H and O–H groups in total. The van der Waals surface area contributed by atoms with Gasteiger partial charge in [-0.1, -0.05) is 18.2 Å². The van der Waals surface area contributed by atoms with Crippen LogP contribution < -0.4 is 16.0 Å². The molecule has 0 radical (unpaired) electrons. The smallest absolute Gasteiger partial charge is 0.233 e. The second kappa shape index (κ2) is 10.1. The molecular formula is C19H21FN6O2. The largest absolute Gasteiger partial charge is 0.394 e. The molecule has 2 aromatic carbocycles. The Morgan fingerprint density at radius 1 is 0.786 bits per heavy atom. The standard InChI is InChI=1S/C19H21FN6O2/c20-14-6-8-16(9-7-14)23-19-25-17(21-10-12-28-13-11-27)24-18(26-19)22-15-4-2-1-3-5-15/h1-9,27H,10-13H2,(H3,21,22,23,24,25,26). The van der Waals surface area contributed by atoms with Crippen LogP contribution in [-0.2, 0) is 4.74 Å². The second-order valence-corrected chi connectivity index (χ2v) is 5.69. The summed E-state index contributed by atoms with van der Waals surface area (Å²) >= 11 is 0. The summed E-state index contributed by atoms with van der Waals surface area (Å²) in [5.41, 5.74) is 1.48. The molecule has 28 heavy (non-hydrogen) atoms. The van der Waals surface area contributed by atoms with Gasteiger partial charge in [0.25, 0.3) is 0 Å². The van der Waals surface area contributed by atoms with E-state index in [0.29, 0.717) is 36.7 Å². The summed E-state index contributed by atoms with van der Waals surface area (Å²) in [5, 5.41) is 17.9. The molecule has 3 rings (SSSR count). The molecule has 0 saturated heterocycles. The van der Waals surface area contributed by atoms with Gasteiger partial charge in [0.05, 0.1) is 19.8 Å². The van der Waals surface area contributed by atoms with Crippen LogP contribution in [-0.4, -0.2) is 46.4 Å². The molecule has 0 atom stereocenters. The minimum absolute atomic E-state index is 0.0252. The lowest BCUT2D eigenvalue weighted by atomic mass is 10.3. The van der Waals surface area contributed by atoms with E-state index >= 15 is 0 Å². The number of nitrogens with zero attached hydrogens (tertiary/aromatic N) is 3. The van der Waals surface area contributed by atoms with Gasteiger partial charge in [-0.05, 0) is 36.4 Å². The van der Waals surface area contributed by atoms with E-state index in [1.807, 2.05) is 30.3 Å². The Morgan fingerprint density at radius 2 is 1.39 bits per heavy atom. The average Bonchev–Trinajstić information content (AvgIpc) is 2.70. The number of rotatable bonds is 10. The van der Waals surface area contributed by atoms with Crippen LogP contribution in [0.25, 0.3) is 0 Å². The summed E-state index contributed by atoms with van der Waals surface area (Å²) in [7, 11) is 0. The molecular weight excluding hydrogens is 363 g/mol. The number of benzene rings is 2.